The number of H-pyrrole nitrogens is 1. The zero-order valence-electron chi connectivity index (χ0n) is 10.2. The van der Waals surface area contributed by atoms with Crippen molar-refractivity contribution in [3.05, 3.63) is 46.2 Å². The minimum Gasteiger partial charge on any atom is -0.321 e. The molecule has 2 rings (SSSR count). The third-order valence-corrected chi connectivity index (χ3v) is 2.96. The number of fused-ring (bicyclic) bond motifs is 1. The maximum Gasteiger partial charge on any atom is 0.264 e. The van der Waals surface area contributed by atoms with Gasteiger partial charge in [0.25, 0.3) is 5.56 Å². The topological polar surface area (TPSA) is 32.9 Å². The van der Waals surface area contributed by atoms with Gasteiger partial charge in [0.1, 0.15) is 0 Å². The molecule has 1 heterocycles. The van der Waals surface area contributed by atoms with Crippen molar-refractivity contribution in [3.8, 4) is 11.2 Å². The lowest BCUT2D eigenvalue weighted by atomic mass is 10.2. The van der Waals surface area contributed by atoms with E-state index in [0.717, 1.165) is 10.9 Å². The Hall–Kier alpha value is -1.66. The summed E-state index contributed by atoms with van der Waals surface area (Å²) in [5.41, 5.74) is 1.29. The number of hydrogen-bond donors (Lipinski definition) is 1. The first kappa shape index (κ1) is 11.8. The van der Waals surface area contributed by atoms with E-state index in [1.807, 2.05) is 30.3 Å². The molecule has 0 radical (unpaired) electrons. The third kappa shape index (κ3) is 2.92. The van der Waals surface area contributed by atoms with Gasteiger partial charge in [-0.3, -0.25) is 4.79 Å². The fourth-order valence-corrected chi connectivity index (χ4v) is 1.86. The molecule has 0 amide bonds. The zero-order valence-corrected chi connectivity index (χ0v) is 11.0. The van der Waals surface area contributed by atoms with E-state index < -0.39 is 10.0 Å². The lowest BCUT2D eigenvalue weighted by Crippen LogP contribution is -2.09. The first-order valence-electron chi connectivity index (χ1n) is 5.29. The van der Waals surface area contributed by atoms with E-state index in [4.69, 9.17) is 0 Å². The van der Waals surface area contributed by atoms with Gasteiger partial charge in [-0.15, -0.1) is 0 Å². The summed E-state index contributed by atoms with van der Waals surface area (Å²) in [6.07, 6.45) is 6.32. The van der Waals surface area contributed by atoms with Crippen LogP contribution in [0.4, 0.5) is 0 Å². The number of aromatic nitrogens is 1. The standard InChI is InChI=1S/C14H15NOS/c1-17(2,3)9-8-12-10-11-6-4-5-7-13(11)15-14(12)16/h4-7,10H,1-3H3,(H,15,16). The van der Waals surface area contributed by atoms with Crippen molar-refractivity contribution in [1.29, 1.82) is 0 Å². The van der Waals surface area contributed by atoms with E-state index in [2.05, 4.69) is 34.9 Å². The molecular formula is C14H15NOS. The summed E-state index contributed by atoms with van der Waals surface area (Å²) in [5, 5.41) is 4.17. The molecule has 0 aliphatic heterocycles. The van der Waals surface area contributed by atoms with E-state index in [1.54, 1.807) is 0 Å². The number of nitrogens with one attached hydrogen (secondary N) is 1. The summed E-state index contributed by atoms with van der Waals surface area (Å²) in [5.74, 6) is 2.99. The molecule has 0 aliphatic carbocycles. The molecule has 88 valence electrons. The van der Waals surface area contributed by atoms with Gasteiger partial charge in [-0.25, -0.2) is 0 Å². The first-order chi connectivity index (χ1) is 7.96. The van der Waals surface area contributed by atoms with Crippen LogP contribution in [-0.4, -0.2) is 23.8 Å². The van der Waals surface area contributed by atoms with Crippen molar-refractivity contribution >= 4 is 20.9 Å². The van der Waals surface area contributed by atoms with Crippen molar-refractivity contribution in [2.75, 3.05) is 18.8 Å². The number of pyridine rings is 1. The normalized spacial score (nSPS) is 11.9. The quantitative estimate of drug-likeness (QED) is 0.711. The molecule has 2 aromatic rings. The molecular weight excluding hydrogens is 230 g/mol. The highest BCUT2D eigenvalue weighted by atomic mass is 32.3. The van der Waals surface area contributed by atoms with Crippen LogP contribution in [0, 0.1) is 11.2 Å². The Morgan fingerprint density at radius 3 is 2.59 bits per heavy atom. The fourth-order valence-electron chi connectivity index (χ4n) is 1.45. The highest BCUT2D eigenvalue weighted by Gasteiger charge is 2.01. The van der Waals surface area contributed by atoms with Crippen molar-refractivity contribution in [3.63, 3.8) is 0 Å². The second kappa shape index (κ2) is 4.31. The van der Waals surface area contributed by atoms with E-state index in [1.165, 1.54) is 0 Å². The van der Waals surface area contributed by atoms with Crippen LogP contribution in [0.15, 0.2) is 35.1 Å². The van der Waals surface area contributed by atoms with Crippen LogP contribution in [0.3, 0.4) is 0 Å². The van der Waals surface area contributed by atoms with Crippen LogP contribution in [0.25, 0.3) is 10.9 Å². The Balaban J connectivity index is 2.58. The van der Waals surface area contributed by atoms with Crippen LogP contribution in [0.5, 0.6) is 0 Å². The molecule has 17 heavy (non-hydrogen) atoms. The van der Waals surface area contributed by atoms with Crippen LogP contribution < -0.4 is 5.56 Å². The average molecular weight is 245 g/mol. The van der Waals surface area contributed by atoms with Crippen LogP contribution >= 0.6 is 10.0 Å². The second-order valence-corrected chi connectivity index (χ2v) is 8.54. The maximum absolute atomic E-state index is 11.8. The van der Waals surface area contributed by atoms with Crippen molar-refractivity contribution in [2.45, 2.75) is 0 Å². The molecule has 0 bridgehead atoms. The molecule has 0 saturated heterocycles. The van der Waals surface area contributed by atoms with E-state index >= 15 is 0 Å². The van der Waals surface area contributed by atoms with Gasteiger partial charge in [-0.1, -0.05) is 24.1 Å². The van der Waals surface area contributed by atoms with E-state index in [-0.39, 0.29) is 5.56 Å². The number of para-hydroxylation sites is 1. The predicted molar refractivity (Wildman–Crippen MR) is 76.8 cm³/mol. The summed E-state index contributed by atoms with van der Waals surface area (Å²) in [4.78, 5) is 14.6. The zero-order chi connectivity index (χ0) is 12.5. The van der Waals surface area contributed by atoms with Gasteiger partial charge in [0.2, 0.25) is 0 Å². The maximum atomic E-state index is 11.8. The number of rotatable bonds is 0. The van der Waals surface area contributed by atoms with Gasteiger partial charge in [-0.05, 0) is 41.5 Å². The lowest BCUT2D eigenvalue weighted by molar-refractivity contribution is 1.29. The van der Waals surface area contributed by atoms with Crippen LogP contribution in [0.2, 0.25) is 0 Å². The Kier molecular flexibility index (Phi) is 2.99. The van der Waals surface area contributed by atoms with Gasteiger partial charge >= 0.3 is 0 Å². The molecule has 0 aliphatic rings. The van der Waals surface area contributed by atoms with Gasteiger partial charge < -0.3 is 4.98 Å². The lowest BCUT2D eigenvalue weighted by Gasteiger charge is -2.14. The number of hydrogen-bond acceptors (Lipinski definition) is 1. The van der Waals surface area contributed by atoms with Gasteiger partial charge in [0.05, 0.1) is 5.56 Å². The van der Waals surface area contributed by atoms with Crippen molar-refractivity contribution in [2.24, 2.45) is 0 Å². The minimum absolute atomic E-state index is 0.111. The Morgan fingerprint density at radius 2 is 1.88 bits per heavy atom. The molecule has 1 aromatic heterocycles. The van der Waals surface area contributed by atoms with E-state index in [0.29, 0.717) is 5.56 Å². The SMILES string of the molecule is CS(C)(C)C#Cc1cc2ccccc2[nH]c1=O. The highest BCUT2D eigenvalue weighted by Crippen LogP contribution is 2.32. The predicted octanol–water partition coefficient (Wildman–Crippen LogP) is 2.53. The van der Waals surface area contributed by atoms with Gasteiger partial charge in [-0.2, -0.15) is 10.0 Å². The Labute approximate surface area is 102 Å². The molecule has 0 spiro atoms. The van der Waals surface area contributed by atoms with Gasteiger partial charge in [0, 0.05) is 5.52 Å². The minimum atomic E-state index is -0.906. The summed E-state index contributed by atoms with van der Waals surface area (Å²) >= 11 is 0. The number of benzene rings is 1. The summed E-state index contributed by atoms with van der Waals surface area (Å²) in [7, 11) is -0.906. The van der Waals surface area contributed by atoms with Crippen LogP contribution in [-0.2, 0) is 0 Å². The second-order valence-electron chi connectivity index (χ2n) is 4.66. The summed E-state index contributed by atoms with van der Waals surface area (Å²) in [6.45, 7) is 0. The molecule has 1 N–H and O–H groups in total. The smallest absolute Gasteiger partial charge is 0.264 e. The molecule has 3 heteroatoms. The van der Waals surface area contributed by atoms with Gasteiger partial charge in [0.15, 0.2) is 0 Å². The van der Waals surface area contributed by atoms with Crippen molar-refractivity contribution in [1.82, 2.24) is 4.98 Å². The molecule has 0 atom stereocenters. The highest BCUT2D eigenvalue weighted by molar-refractivity contribution is 8.35. The van der Waals surface area contributed by atoms with Crippen LogP contribution in [0.1, 0.15) is 5.56 Å². The summed E-state index contributed by atoms with van der Waals surface area (Å²) in [6, 6.07) is 9.57. The monoisotopic (exact) mass is 245 g/mol. The molecule has 0 saturated carbocycles. The fraction of sp³-hybridized carbons (Fsp3) is 0.214. The third-order valence-electron chi connectivity index (χ3n) is 2.25. The summed E-state index contributed by atoms with van der Waals surface area (Å²) < 4.78 is 0. The largest absolute Gasteiger partial charge is 0.321 e. The Bertz CT molecular complexity index is 668. The molecule has 0 fully saturated rings. The Morgan fingerprint density at radius 1 is 1.18 bits per heavy atom. The number of aromatic amines is 1. The average Bonchev–Trinajstić information content (AvgIpc) is 2.25. The van der Waals surface area contributed by atoms with Crippen molar-refractivity contribution < 1.29 is 0 Å². The van der Waals surface area contributed by atoms with E-state index in [9.17, 15) is 4.79 Å². The first-order valence-corrected chi connectivity index (χ1v) is 8.15. The molecule has 0 unspecified atom stereocenters. The molecule has 2 nitrogen and oxygen atoms in total. The molecule has 1 aromatic carbocycles.